The molecule has 0 aliphatic carbocycles. The van der Waals surface area contributed by atoms with E-state index in [0.717, 1.165) is 116 Å². The largest absolute Gasteiger partial charge is 0.456 e. The highest BCUT2D eigenvalue weighted by Gasteiger charge is 2.45. The van der Waals surface area contributed by atoms with Crippen LogP contribution in [-0.4, -0.2) is 6.71 Å². The van der Waals surface area contributed by atoms with Crippen molar-refractivity contribution in [3.05, 3.63) is 170 Å². The van der Waals surface area contributed by atoms with Gasteiger partial charge in [-0.05, 0) is 106 Å². The van der Waals surface area contributed by atoms with Gasteiger partial charge in [-0.15, -0.1) is 0 Å². The molecule has 6 heteroatoms. The van der Waals surface area contributed by atoms with Crippen molar-refractivity contribution in [2.24, 2.45) is 0 Å². The van der Waals surface area contributed by atoms with Crippen molar-refractivity contribution < 1.29 is 17.7 Å². The van der Waals surface area contributed by atoms with Gasteiger partial charge in [-0.3, -0.25) is 0 Å². The molecule has 2 aliphatic rings. The zero-order valence-corrected chi connectivity index (χ0v) is 31.8. The molecule has 60 heavy (non-hydrogen) atoms. The third-order valence-electron chi connectivity index (χ3n) is 13.3. The van der Waals surface area contributed by atoms with Crippen molar-refractivity contribution in [2.45, 2.75) is 0 Å². The predicted octanol–water partition coefficient (Wildman–Crippen LogP) is 13.2. The van der Waals surface area contributed by atoms with E-state index in [-0.39, 0.29) is 6.71 Å². The molecule has 5 nitrogen and oxygen atoms in total. The van der Waals surface area contributed by atoms with E-state index in [2.05, 4.69) is 157 Å². The summed E-state index contributed by atoms with van der Waals surface area (Å²) < 4.78 is 26.2. The van der Waals surface area contributed by atoms with Crippen LogP contribution >= 0.6 is 0 Å². The molecule has 4 aromatic heterocycles. The zero-order valence-electron chi connectivity index (χ0n) is 31.8. The fourth-order valence-corrected chi connectivity index (χ4v) is 10.8. The molecule has 2 aliphatic heterocycles. The Hall–Kier alpha value is -7.96. The molecule has 0 fully saturated rings. The highest BCUT2D eigenvalue weighted by Crippen LogP contribution is 2.51. The van der Waals surface area contributed by atoms with Gasteiger partial charge in [-0.2, -0.15) is 0 Å². The van der Waals surface area contributed by atoms with Crippen LogP contribution in [0.15, 0.2) is 188 Å². The fraction of sp³-hybridized carbons (Fsp3) is 0. The van der Waals surface area contributed by atoms with E-state index in [9.17, 15) is 0 Å². The maximum Gasteiger partial charge on any atom is 0.248 e. The third-order valence-corrected chi connectivity index (χ3v) is 13.3. The summed E-state index contributed by atoms with van der Waals surface area (Å²) in [6, 6.07) is 60.4. The lowest BCUT2D eigenvalue weighted by Crippen LogP contribution is -2.54. The molecule has 0 spiro atoms. The molecule has 276 valence electrons. The summed E-state index contributed by atoms with van der Waals surface area (Å²) in [6.07, 6.45) is 0. The second kappa shape index (κ2) is 11.0. The minimum atomic E-state index is -0.0398. The zero-order chi connectivity index (χ0) is 38.8. The SMILES string of the molecule is c1ccc2c(c1)oc1ccc(-c3cc4c5c(c3)N(c3cccc6oc7ccccc7c36)c3c(ccc6oc7ccccc7c36)B5c3ccc5oc6ccccc6c5c3-4)cc12. The van der Waals surface area contributed by atoms with Crippen LogP contribution in [0.5, 0.6) is 0 Å². The lowest BCUT2D eigenvalue weighted by molar-refractivity contribution is 0.668. The van der Waals surface area contributed by atoms with E-state index < -0.39 is 0 Å². The Morgan fingerprint density at radius 1 is 0.350 bits per heavy atom. The van der Waals surface area contributed by atoms with Gasteiger partial charge in [0.25, 0.3) is 0 Å². The molecule has 0 amide bonds. The van der Waals surface area contributed by atoms with Crippen molar-refractivity contribution in [3.63, 3.8) is 0 Å². The fourth-order valence-electron chi connectivity index (χ4n) is 10.8. The molecule has 9 aromatic carbocycles. The van der Waals surface area contributed by atoms with Gasteiger partial charge in [-0.25, -0.2) is 0 Å². The van der Waals surface area contributed by atoms with Gasteiger partial charge in [0.15, 0.2) is 0 Å². The van der Waals surface area contributed by atoms with Crippen LogP contribution in [0.4, 0.5) is 17.1 Å². The molecule has 6 heterocycles. The normalized spacial score (nSPS) is 13.3. The van der Waals surface area contributed by atoms with Gasteiger partial charge >= 0.3 is 0 Å². The van der Waals surface area contributed by atoms with E-state index in [0.29, 0.717) is 0 Å². The van der Waals surface area contributed by atoms with Gasteiger partial charge in [0, 0.05) is 38.0 Å². The van der Waals surface area contributed by atoms with Crippen molar-refractivity contribution in [2.75, 3.05) is 4.90 Å². The molecule has 0 saturated carbocycles. The highest BCUT2D eigenvalue weighted by molar-refractivity contribution is 7.02. The first-order valence-electron chi connectivity index (χ1n) is 20.4. The van der Waals surface area contributed by atoms with E-state index in [1.54, 1.807) is 0 Å². The van der Waals surface area contributed by atoms with Gasteiger partial charge in [-0.1, -0.05) is 103 Å². The summed E-state index contributed by atoms with van der Waals surface area (Å²) >= 11 is 0. The lowest BCUT2D eigenvalue weighted by Gasteiger charge is -2.37. The van der Waals surface area contributed by atoms with Crippen LogP contribution in [0.3, 0.4) is 0 Å². The molecule has 15 rings (SSSR count). The minimum Gasteiger partial charge on any atom is -0.456 e. The molecule has 0 N–H and O–H groups in total. The Kier molecular flexibility index (Phi) is 5.67. The first-order chi connectivity index (χ1) is 29.7. The number of nitrogens with zero attached hydrogens (tertiary/aromatic N) is 1. The molecular weight excluding hydrogens is 737 g/mol. The Balaban J connectivity index is 1.14. The van der Waals surface area contributed by atoms with Crippen LogP contribution in [0.2, 0.25) is 0 Å². The summed E-state index contributed by atoms with van der Waals surface area (Å²) in [5.41, 5.74) is 18.8. The van der Waals surface area contributed by atoms with E-state index in [4.69, 9.17) is 17.7 Å². The first kappa shape index (κ1) is 31.1. The van der Waals surface area contributed by atoms with E-state index in [1.165, 1.54) is 27.5 Å². The first-order valence-corrected chi connectivity index (χ1v) is 20.4. The number of rotatable bonds is 2. The van der Waals surface area contributed by atoms with Crippen molar-refractivity contribution in [1.82, 2.24) is 0 Å². The number of benzene rings is 9. The van der Waals surface area contributed by atoms with Gasteiger partial charge in [0.2, 0.25) is 6.71 Å². The molecule has 0 unspecified atom stereocenters. The van der Waals surface area contributed by atoms with Crippen molar-refractivity contribution >= 4 is 128 Å². The average molecular weight is 766 g/mol. The maximum atomic E-state index is 6.68. The lowest BCUT2D eigenvalue weighted by atomic mass is 9.37. The second-order valence-electron chi connectivity index (χ2n) is 16.3. The van der Waals surface area contributed by atoms with Crippen molar-refractivity contribution in [1.29, 1.82) is 0 Å². The molecule has 13 aromatic rings. The van der Waals surface area contributed by atoms with Crippen LogP contribution in [0.25, 0.3) is 110 Å². The van der Waals surface area contributed by atoms with Gasteiger partial charge < -0.3 is 22.6 Å². The minimum absolute atomic E-state index is 0.0398. The summed E-state index contributed by atoms with van der Waals surface area (Å²) in [7, 11) is 0. The predicted molar refractivity (Wildman–Crippen MR) is 246 cm³/mol. The quantitative estimate of drug-likeness (QED) is 0.164. The Bertz CT molecular complexity index is 4050. The van der Waals surface area contributed by atoms with Crippen LogP contribution in [-0.2, 0) is 0 Å². The Morgan fingerprint density at radius 2 is 0.883 bits per heavy atom. The van der Waals surface area contributed by atoms with E-state index >= 15 is 0 Å². The van der Waals surface area contributed by atoms with Crippen LogP contribution in [0, 0.1) is 0 Å². The number of hydrogen-bond donors (Lipinski definition) is 0. The monoisotopic (exact) mass is 765 g/mol. The van der Waals surface area contributed by atoms with E-state index in [1.807, 2.05) is 18.2 Å². The molecular formula is C54H28BNO4. The number of anilines is 3. The molecule has 0 bridgehead atoms. The second-order valence-corrected chi connectivity index (χ2v) is 16.3. The van der Waals surface area contributed by atoms with Crippen LogP contribution < -0.4 is 21.3 Å². The number of hydrogen-bond acceptors (Lipinski definition) is 5. The number of fused-ring (bicyclic) bond motifs is 19. The Labute approximate surface area is 341 Å². The summed E-state index contributed by atoms with van der Waals surface area (Å²) in [5.74, 6) is 0. The smallest absolute Gasteiger partial charge is 0.248 e. The standard InChI is InChI=1S/C54H28BNO4/c1-5-15-41-31(10-1)35-26-29(20-23-45(35)57-41)30-27-36-49-37(21-24-47-51(49)33-12-3-7-17-43(33)59-47)55-38-22-25-48-52(34-13-4-8-18-44(34)60-48)54(38)56(40(28-30)53(36)55)39-14-9-19-46-50(39)32-11-2-6-16-42(32)58-46/h1-28H. The number of para-hydroxylation sites is 4. The van der Waals surface area contributed by atoms with Gasteiger partial charge in [0.05, 0.1) is 22.1 Å². The maximum absolute atomic E-state index is 6.68. The molecule has 0 saturated heterocycles. The summed E-state index contributed by atoms with van der Waals surface area (Å²) in [5, 5.41) is 8.82. The highest BCUT2D eigenvalue weighted by atomic mass is 16.3. The van der Waals surface area contributed by atoms with Crippen LogP contribution in [0.1, 0.15) is 0 Å². The molecule has 0 radical (unpaired) electrons. The Morgan fingerprint density at radius 3 is 1.62 bits per heavy atom. The number of furan rings is 4. The molecule has 0 atom stereocenters. The van der Waals surface area contributed by atoms with Crippen molar-refractivity contribution in [3.8, 4) is 22.3 Å². The average Bonchev–Trinajstić information content (AvgIpc) is 4.11. The third kappa shape index (κ3) is 3.84. The summed E-state index contributed by atoms with van der Waals surface area (Å²) in [6.45, 7) is -0.0398. The summed E-state index contributed by atoms with van der Waals surface area (Å²) in [4.78, 5) is 2.52. The topological polar surface area (TPSA) is 55.8 Å². The van der Waals surface area contributed by atoms with Gasteiger partial charge in [0.1, 0.15) is 44.7 Å².